The van der Waals surface area contributed by atoms with Crippen molar-refractivity contribution in [1.82, 2.24) is 4.90 Å². The van der Waals surface area contributed by atoms with Crippen LogP contribution in [0.3, 0.4) is 0 Å². The number of Topliss-reactive ketones (excluding diaryl/α,β-unsaturated/α-hetero) is 1. The molecule has 2 atom stereocenters. The van der Waals surface area contributed by atoms with E-state index in [1.54, 1.807) is 0 Å². The van der Waals surface area contributed by atoms with Gasteiger partial charge in [-0.1, -0.05) is 6.42 Å². The van der Waals surface area contributed by atoms with Crippen molar-refractivity contribution in [2.75, 3.05) is 19.8 Å². The third-order valence-electron chi connectivity index (χ3n) is 4.12. The van der Waals surface area contributed by atoms with Gasteiger partial charge in [0.2, 0.25) is 5.91 Å². The lowest BCUT2D eigenvalue weighted by molar-refractivity contribution is -0.139. The van der Waals surface area contributed by atoms with E-state index in [-0.39, 0.29) is 24.5 Å². The number of rotatable bonds is 4. The molecule has 0 radical (unpaired) electrons. The third kappa shape index (κ3) is 2.91. The van der Waals surface area contributed by atoms with Gasteiger partial charge in [-0.25, -0.2) is 0 Å². The zero-order valence-electron chi connectivity index (χ0n) is 11.2. The number of carbonyl (C=O) groups is 2. The van der Waals surface area contributed by atoms with E-state index in [1.807, 2.05) is 11.8 Å². The average Bonchev–Trinajstić information content (AvgIpc) is 2.85. The normalized spacial score (nSPS) is 28.7. The first-order valence-corrected chi connectivity index (χ1v) is 7.14. The van der Waals surface area contributed by atoms with Crippen LogP contribution in [0.4, 0.5) is 0 Å². The van der Waals surface area contributed by atoms with E-state index < -0.39 is 0 Å². The Morgan fingerprint density at radius 3 is 2.89 bits per heavy atom. The van der Waals surface area contributed by atoms with Crippen LogP contribution < -0.4 is 0 Å². The second-order valence-electron chi connectivity index (χ2n) is 5.25. The van der Waals surface area contributed by atoms with Gasteiger partial charge in [0, 0.05) is 31.5 Å². The maximum absolute atomic E-state index is 12.1. The largest absolute Gasteiger partial charge is 0.372 e. The Bertz CT molecular complexity index is 316. The maximum atomic E-state index is 12.1. The summed E-state index contributed by atoms with van der Waals surface area (Å²) in [6.45, 7) is 3.40. The van der Waals surface area contributed by atoms with Gasteiger partial charge in [-0.15, -0.1) is 0 Å². The Morgan fingerprint density at radius 2 is 2.17 bits per heavy atom. The van der Waals surface area contributed by atoms with Gasteiger partial charge in [-0.3, -0.25) is 9.59 Å². The monoisotopic (exact) mass is 253 g/mol. The van der Waals surface area contributed by atoms with Crippen LogP contribution in [0.5, 0.6) is 0 Å². The fraction of sp³-hybridized carbons (Fsp3) is 0.857. The predicted molar refractivity (Wildman–Crippen MR) is 68.2 cm³/mol. The van der Waals surface area contributed by atoms with Gasteiger partial charge in [0.05, 0.1) is 0 Å². The number of carbonyl (C=O) groups excluding carboxylic acids is 2. The molecule has 2 fully saturated rings. The Morgan fingerprint density at radius 1 is 1.33 bits per heavy atom. The highest BCUT2D eigenvalue weighted by Crippen LogP contribution is 2.32. The van der Waals surface area contributed by atoms with Crippen LogP contribution in [0, 0.1) is 5.92 Å². The van der Waals surface area contributed by atoms with Crippen molar-refractivity contribution in [2.45, 2.75) is 51.5 Å². The molecule has 1 saturated carbocycles. The molecule has 0 aromatic carbocycles. The zero-order chi connectivity index (χ0) is 13.0. The van der Waals surface area contributed by atoms with Crippen molar-refractivity contribution >= 4 is 11.7 Å². The summed E-state index contributed by atoms with van der Waals surface area (Å²) >= 11 is 0. The molecule has 0 N–H and O–H groups in total. The molecule has 18 heavy (non-hydrogen) atoms. The molecular formula is C14H23NO3. The first kappa shape index (κ1) is 13.5. The summed E-state index contributed by atoms with van der Waals surface area (Å²) in [6.07, 6.45) is 5.81. The van der Waals surface area contributed by atoms with Crippen molar-refractivity contribution in [3.05, 3.63) is 0 Å². The summed E-state index contributed by atoms with van der Waals surface area (Å²) in [5.74, 6) is 0.506. The lowest BCUT2D eigenvalue weighted by atomic mass is 9.82. The summed E-state index contributed by atoms with van der Waals surface area (Å²) < 4.78 is 5.19. The number of nitrogens with zero attached hydrogens (tertiary/aromatic N) is 1. The number of hydrogen-bond donors (Lipinski definition) is 0. The van der Waals surface area contributed by atoms with Crippen LogP contribution in [0.1, 0.15) is 45.4 Å². The van der Waals surface area contributed by atoms with Gasteiger partial charge in [0.15, 0.2) is 0 Å². The van der Waals surface area contributed by atoms with Crippen molar-refractivity contribution in [3.63, 3.8) is 0 Å². The number of ether oxygens (including phenoxy) is 1. The highest BCUT2D eigenvalue weighted by molar-refractivity contribution is 5.84. The summed E-state index contributed by atoms with van der Waals surface area (Å²) in [5, 5.41) is 0. The van der Waals surface area contributed by atoms with Crippen LogP contribution in [-0.4, -0.2) is 42.4 Å². The van der Waals surface area contributed by atoms with Gasteiger partial charge in [0.25, 0.3) is 0 Å². The Balaban J connectivity index is 1.97. The Kier molecular flexibility index (Phi) is 4.75. The Hall–Kier alpha value is -0.900. The minimum atomic E-state index is 0.0534. The first-order chi connectivity index (χ1) is 8.74. The lowest BCUT2D eigenvalue weighted by Gasteiger charge is -2.33. The van der Waals surface area contributed by atoms with Crippen LogP contribution in [0.25, 0.3) is 0 Å². The summed E-state index contributed by atoms with van der Waals surface area (Å²) in [7, 11) is 0. The summed E-state index contributed by atoms with van der Waals surface area (Å²) in [5.41, 5.74) is 0. The first-order valence-electron chi connectivity index (χ1n) is 7.14. The summed E-state index contributed by atoms with van der Waals surface area (Å²) in [4.78, 5) is 25.9. The molecule has 2 unspecified atom stereocenters. The van der Waals surface area contributed by atoms with Crippen LogP contribution in [0.2, 0.25) is 0 Å². The molecule has 0 spiro atoms. The average molecular weight is 253 g/mol. The molecule has 2 rings (SSSR count). The standard InChI is InChI=1S/C14H23NO3/c1-2-18-10-14(17)15-9-5-7-12(15)11-6-3-4-8-13(11)16/h11-12H,2-10H2,1H3. The molecule has 102 valence electrons. The molecule has 1 heterocycles. The molecule has 0 aromatic heterocycles. The fourth-order valence-corrected chi connectivity index (χ4v) is 3.21. The Labute approximate surface area is 109 Å². The number of likely N-dealkylation sites (tertiary alicyclic amines) is 1. The molecule has 0 aromatic rings. The van der Waals surface area contributed by atoms with Crippen molar-refractivity contribution < 1.29 is 14.3 Å². The van der Waals surface area contributed by atoms with E-state index >= 15 is 0 Å². The van der Waals surface area contributed by atoms with E-state index in [0.29, 0.717) is 18.8 Å². The maximum Gasteiger partial charge on any atom is 0.248 e. The second-order valence-corrected chi connectivity index (χ2v) is 5.25. The van der Waals surface area contributed by atoms with Crippen LogP contribution in [0.15, 0.2) is 0 Å². The minimum absolute atomic E-state index is 0.0534. The number of amides is 1. The smallest absolute Gasteiger partial charge is 0.248 e. The molecule has 2 aliphatic rings. The molecule has 1 aliphatic heterocycles. The zero-order valence-corrected chi connectivity index (χ0v) is 11.2. The molecule has 4 nitrogen and oxygen atoms in total. The van der Waals surface area contributed by atoms with E-state index in [9.17, 15) is 9.59 Å². The SMILES string of the molecule is CCOCC(=O)N1CCCC1C1CCCCC1=O. The van der Waals surface area contributed by atoms with E-state index in [1.165, 1.54) is 0 Å². The predicted octanol–water partition coefficient (Wildman–Crippen LogP) is 1.77. The van der Waals surface area contributed by atoms with Gasteiger partial charge in [0.1, 0.15) is 12.4 Å². The van der Waals surface area contributed by atoms with Crippen molar-refractivity contribution in [2.24, 2.45) is 5.92 Å². The van der Waals surface area contributed by atoms with Crippen LogP contribution >= 0.6 is 0 Å². The topological polar surface area (TPSA) is 46.6 Å². The quantitative estimate of drug-likeness (QED) is 0.767. The third-order valence-corrected chi connectivity index (χ3v) is 4.12. The highest BCUT2D eigenvalue weighted by Gasteiger charge is 2.38. The van der Waals surface area contributed by atoms with E-state index in [2.05, 4.69) is 0 Å². The second kappa shape index (κ2) is 6.32. The molecule has 1 saturated heterocycles. The van der Waals surface area contributed by atoms with E-state index in [4.69, 9.17) is 4.74 Å². The molecular weight excluding hydrogens is 230 g/mol. The minimum Gasteiger partial charge on any atom is -0.372 e. The lowest BCUT2D eigenvalue weighted by Crippen LogP contribution is -2.45. The fourth-order valence-electron chi connectivity index (χ4n) is 3.21. The number of ketones is 1. The van der Waals surface area contributed by atoms with Gasteiger partial charge in [-0.2, -0.15) is 0 Å². The molecule has 1 aliphatic carbocycles. The molecule has 1 amide bonds. The summed E-state index contributed by atoms with van der Waals surface area (Å²) in [6, 6.07) is 0.144. The van der Waals surface area contributed by atoms with Crippen molar-refractivity contribution in [3.8, 4) is 0 Å². The number of hydrogen-bond acceptors (Lipinski definition) is 3. The van der Waals surface area contributed by atoms with Gasteiger partial charge < -0.3 is 9.64 Å². The molecule has 0 bridgehead atoms. The highest BCUT2D eigenvalue weighted by atomic mass is 16.5. The molecule has 4 heteroatoms. The van der Waals surface area contributed by atoms with Gasteiger partial charge >= 0.3 is 0 Å². The van der Waals surface area contributed by atoms with E-state index in [0.717, 1.165) is 38.6 Å². The van der Waals surface area contributed by atoms with Crippen molar-refractivity contribution in [1.29, 1.82) is 0 Å². The van der Waals surface area contributed by atoms with Crippen LogP contribution in [-0.2, 0) is 14.3 Å². The van der Waals surface area contributed by atoms with Gasteiger partial charge in [-0.05, 0) is 32.6 Å².